The van der Waals surface area contributed by atoms with Gasteiger partial charge < -0.3 is 15.6 Å². The van der Waals surface area contributed by atoms with Crippen LogP contribution in [0.5, 0.6) is 0 Å². The fourth-order valence-electron chi connectivity index (χ4n) is 4.50. The van der Waals surface area contributed by atoms with Crippen LogP contribution in [0.15, 0.2) is 41.2 Å². The van der Waals surface area contributed by atoms with Gasteiger partial charge in [-0.25, -0.2) is 14.8 Å². The Hall–Kier alpha value is -3.54. The van der Waals surface area contributed by atoms with Crippen LogP contribution in [-0.4, -0.2) is 52.9 Å². The van der Waals surface area contributed by atoms with Crippen LogP contribution in [0, 0.1) is 25.2 Å². The molecular weight excluding hydrogens is 418 g/mol. The van der Waals surface area contributed by atoms with Crippen LogP contribution in [0.3, 0.4) is 0 Å². The number of rotatable bonds is 5. The molecule has 1 aromatic heterocycles. The van der Waals surface area contributed by atoms with Gasteiger partial charge in [-0.05, 0) is 60.9 Å². The van der Waals surface area contributed by atoms with Crippen molar-refractivity contribution in [2.75, 3.05) is 19.6 Å². The number of aromatic nitrogens is 1. The number of fused-ring (bicyclic) bond motifs is 1. The Morgan fingerprint density at radius 2 is 2.27 bits per heavy atom. The molecule has 0 amide bonds. The number of likely N-dealkylation sites (tertiary alicyclic amines) is 1. The molecular formula is C25H27N5O3. The predicted molar refractivity (Wildman–Crippen MR) is 124 cm³/mol. The van der Waals surface area contributed by atoms with Crippen LogP contribution in [0.2, 0.25) is 0 Å². The number of aliphatic hydroxyl groups is 1. The monoisotopic (exact) mass is 445 g/mol. The van der Waals surface area contributed by atoms with Gasteiger partial charge in [0, 0.05) is 43.5 Å². The second-order valence-electron chi connectivity index (χ2n) is 8.55. The second kappa shape index (κ2) is 9.53. The average Bonchev–Trinajstić information content (AvgIpc) is 3.20. The van der Waals surface area contributed by atoms with E-state index in [0.29, 0.717) is 43.1 Å². The molecule has 8 nitrogen and oxygen atoms in total. The molecule has 1 aromatic carbocycles. The quantitative estimate of drug-likeness (QED) is 0.535. The molecule has 33 heavy (non-hydrogen) atoms. The van der Waals surface area contributed by atoms with E-state index in [0.717, 1.165) is 34.4 Å². The number of nitriles is 1. The number of carbonyl (C=O) groups excluding carboxylic acids is 1. The normalized spacial score (nSPS) is 21.2. The van der Waals surface area contributed by atoms with Crippen molar-refractivity contribution in [1.82, 2.24) is 9.88 Å². The first kappa shape index (κ1) is 22.6. The SMILES string of the molecule is Cc1cc(N=CC(=CN)CN2CC[C@@H](O)[C@H](c3ccc4c(c3C)COC4=O)C2)ncc1C#N. The summed E-state index contributed by atoms with van der Waals surface area (Å²) in [5, 5.41) is 19.8. The van der Waals surface area contributed by atoms with Crippen LogP contribution in [0.25, 0.3) is 0 Å². The van der Waals surface area contributed by atoms with Crippen LogP contribution >= 0.6 is 0 Å². The lowest BCUT2D eigenvalue weighted by Gasteiger charge is -2.37. The third-order valence-corrected chi connectivity index (χ3v) is 6.47. The topological polar surface area (TPSA) is 125 Å². The smallest absolute Gasteiger partial charge is 0.338 e. The molecule has 2 aliphatic heterocycles. The number of aryl methyl sites for hydroxylation is 1. The lowest BCUT2D eigenvalue weighted by atomic mass is 9.83. The molecule has 2 atom stereocenters. The zero-order valence-corrected chi connectivity index (χ0v) is 18.8. The number of aliphatic imine (C=N–C) groups is 1. The molecule has 2 aromatic rings. The van der Waals surface area contributed by atoms with Crippen LogP contribution in [0.4, 0.5) is 5.82 Å². The number of esters is 1. The molecule has 4 rings (SSSR count). The number of hydrogen-bond acceptors (Lipinski definition) is 8. The van der Waals surface area contributed by atoms with E-state index in [1.54, 1.807) is 12.3 Å². The number of piperidine rings is 1. The molecule has 0 spiro atoms. The van der Waals surface area contributed by atoms with E-state index in [9.17, 15) is 9.90 Å². The van der Waals surface area contributed by atoms with Gasteiger partial charge in [0.05, 0.1) is 17.2 Å². The Balaban J connectivity index is 1.47. The third kappa shape index (κ3) is 4.65. The van der Waals surface area contributed by atoms with Crippen molar-refractivity contribution < 1.29 is 14.6 Å². The molecule has 0 saturated carbocycles. The fraction of sp³-hybridized carbons (Fsp3) is 0.360. The minimum Gasteiger partial charge on any atom is -0.457 e. The highest BCUT2D eigenvalue weighted by molar-refractivity contribution is 5.94. The molecule has 170 valence electrons. The Morgan fingerprint density at radius 1 is 1.45 bits per heavy atom. The van der Waals surface area contributed by atoms with Crippen LogP contribution in [-0.2, 0) is 11.3 Å². The first-order chi connectivity index (χ1) is 15.9. The van der Waals surface area contributed by atoms with Gasteiger partial charge >= 0.3 is 5.97 Å². The Bertz CT molecular complexity index is 1180. The summed E-state index contributed by atoms with van der Waals surface area (Å²) >= 11 is 0. The molecule has 1 fully saturated rings. The van der Waals surface area contributed by atoms with E-state index >= 15 is 0 Å². The number of cyclic esters (lactones) is 1. The zero-order valence-electron chi connectivity index (χ0n) is 18.8. The van der Waals surface area contributed by atoms with Gasteiger partial charge in [0.2, 0.25) is 0 Å². The molecule has 0 bridgehead atoms. The van der Waals surface area contributed by atoms with Gasteiger partial charge in [0.1, 0.15) is 12.7 Å². The van der Waals surface area contributed by atoms with Crippen molar-refractivity contribution in [3.05, 3.63) is 69.5 Å². The van der Waals surface area contributed by atoms with Crippen molar-refractivity contribution >= 4 is 18.0 Å². The average molecular weight is 446 g/mol. The van der Waals surface area contributed by atoms with Crippen molar-refractivity contribution in [2.45, 2.75) is 38.9 Å². The van der Waals surface area contributed by atoms with Crippen molar-refractivity contribution in [3.8, 4) is 6.07 Å². The Kier molecular flexibility index (Phi) is 6.54. The van der Waals surface area contributed by atoms with Gasteiger partial charge in [-0.15, -0.1) is 0 Å². The number of aliphatic hydroxyl groups excluding tert-OH is 1. The molecule has 0 unspecified atom stereocenters. The molecule has 2 aliphatic rings. The summed E-state index contributed by atoms with van der Waals surface area (Å²) in [7, 11) is 0. The maximum Gasteiger partial charge on any atom is 0.338 e. The Labute approximate surface area is 193 Å². The molecule has 0 aliphatic carbocycles. The molecule has 1 saturated heterocycles. The number of pyridine rings is 1. The number of nitrogens with zero attached hydrogens (tertiary/aromatic N) is 4. The summed E-state index contributed by atoms with van der Waals surface area (Å²) in [5.41, 5.74) is 11.6. The number of nitrogens with two attached hydrogens (primary N) is 1. The largest absolute Gasteiger partial charge is 0.457 e. The highest BCUT2D eigenvalue weighted by Crippen LogP contribution is 2.34. The second-order valence-corrected chi connectivity index (χ2v) is 8.55. The number of hydrogen-bond donors (Lipinski definition) is 2. The number of ether oxygens (including phenoxy) is 1. The first-order valence-electron chi connectivity index (χ1n) is 10.9. The standard InChI is InChI=1S/C25H27N5O3/c1-15-7-24(29-11-18(15)9-27)28-10-17(8-26)12-30-6-5-23(31)21(13-30)19-3-4-20-22(16(19)2)14-33-25(20)32/h3-4,7-8,10-11,21,23,31H,5-6,12-14,26H2,1-2H3/t21-,23+/m0/s1. The first-order valence-corrected chi connectivity index (χ1v) is 10.9. The van der Waals surface area contributed by atoms with Gasteiger partial charge in [-0.3, -0.25) is 4.90 Å². The maximum atomic E-state index is 11.9. The van der Waals surface area contributed by atoms with Crippen LogP contribution < -0.4 is 5.73 Å². The van der Waals surface area contributed by atoms with E-state index in [4.69, 9.17) is 15.7 Å². The van der Waals surface area contributed by atoms with Gasteiger partial charge in [0.15, 0.2) is 5.82 Å². The van der Waals surface area contributed by atoms with Crippen molar-refractivity contribution in [2.24, 2.45) is 10.7 Å². The summed E-state index contributed by atoms with van der Waals surface area (Å²) in [6.45, 7) is 6.12. The lowest BCUT2D eigenvalue weighted by Crippen LogP contribution is -2.43. The summed E-state index contributed by atoms with van der Waals surface area (Å²) in [5.74, 6) is 0.163. The van der Waals surface area contributed by atoms with E-state index in [-0.39, 0.29) is 11.9 Å². The number of benzene rings is 1. The molecule has 3 N–H and O–H groups in total. The maximum absolute atomic E-state index is 11.9. The van der Waals surface area contributed by atoms with E-state index in [2.05, 4.69) is 20.9 Å². The highest BCUT2D eigenvalue weighted by Gasteiger charge is 2.32. The van der Waals surface area contributed by atoms with Gasteiger partial charge in [-0.1, -0.05) is 6.07 Å². The highest BCUT2D eigenvalue weighted by atomic mass is 16.5. The molecule has 8 heteroatoms. The number of carbonyl (C=O) groups is 1. The summed E-state index contributed by atoms with van der Waals surface area (Å²) in [6, 6.07) is 7.61. The van der Waals surface area contributed by atoms with Crippen molar-refractivity contribution in [1.29, 1.82) is 5.26 Å². The van der Waals surface area contributed by atoms with Gasteiger partial charge in [-0.2, -0.15) is 5.26 Å². The Morgan fingerprint density at radius 3 is 3.00 bits per heavy atom. The fourth-order valence-corrected chi connectivity index (χ4v) is 4.50. The van der Waals surface area contributed by atoms with E-state index in [1.807, 2.05) is 26.0 Å². The molecule has 0 radical (unpaired) electrons. The van der Waals surface area contributed by atoms with Crippen molar-refractivity contribution in [3.63, 3.8) is 0 Å². The van der Waals surface area contributed by atoms with Gasteiger partial charge in [0.25, 0.3) is 0 Å². The summed E-state index contributed by atoms with van der Waals surface area (Å²) < 4.78 is 5.18. The van der Waals surface area contributed by atoms with E-state index in [1.165, 1.54) is 12.4 Å². The van der Waals surface area contributed by atoms with E-state index < -0.39 is 6.10 Å². The third-order valence-electron chi connectivity index (χ3n) is 6.47. The van der Waals surface area contributed by atoms with Crippen LogP contribution in [0.1, 0.15) is 50.5 Å². The minimum atomic E-state index is -0.458. The lowest BCUT2D eigenvalue weighted by molar-refractivity contribution is 0.0534. The summed E-state index contributed by atoms with van der Waals surface area (Å²) in [6.07, 6.45) is 4.92. The molecule has 3 heterocycles. The summed E-state index contributed by atoms with van der Waals surface area (Å²) in [4.78, 5) is 22.7. The zero-order chi connectivity index (χ0) is 23.5. The minimum absolute atomic E-state index is 0.0708. The predicted octanol–water partition coefficient (Wildman–Crippen LogP) is 2.64.